The first kappa shape index (κ1) is 14.1. The van der Waals surface area contributed by atoms with Gasteiger partial charge in [-0.3, -0.25) is 4.79 Å². The Bertz CT molecular complexity index is 476. The van der Waals surface area contributed by atoms with Crippen LogP contribution >= 0.6 is 11.8 Å². The molecule has 1 aromatic rings. The molecule has 0 bridgehead atoms. The van der Waals surface area contributed by atoms with Crippen LogP contribution in [-0.4, -0.2) is 23.5 Å². The Morgan fingerprint density at radius 1 is 1.47 bits per heavy atom. The number of nitrogen functional groups attached to an aromatic ring is 1. The van der Waals surface area contributed by atoms with Crippen LogP contribution < -0.4 is 16.4 Å². The minimum atomic E-state index is 0.0697. The largest absolute Gasteiger partial charge is 0.397 e. The predicted molar refractivity (Wildman–Crippen MR) is 83.9 cm³/mol. The van der Waals surface area contributed by atoms with Crippen molar-refractivity contribution in [2.45, 2.75) is 32.7 Å². The van der Waals surface area contributed by atoms with Gasteiger partial charge >= 0.3 is 0 Å². The van der Waals surface area contributed by atoms with Crippen LogP contribution in [0.25, 0.3) is 0 Å². The minimum Gasteiger partial charge on any atom is -0.397 e. The van der Waals surface area contributed by atoms with E-state index >= 15 is 0 Å². The Hall–Kier alpha value is -1.36. The molecular formula is C14H21N3OS. The molecule has 104 valence electrons. The standard InChI is InChI=1S/C14H21N3OS/c1-3-19-8-9(2)16-13-6-10-4-5-14(18)17-12(10)7-11(13)15/h6-7,9,16H,3-5,8,15H2,1-2H3,(H,17,18). The van der Waals surface area contributed by atoms with Gasteiger partial charge in [-0.2, -0.15) is 11.8 Å². The lowest BCUT2D eigenvalue weighted by molar-refractivity contribution is -0.116. The maximum Gasteiger partial charge on any atom is 0.224 e. The molecule has 2 rings (SSSR count). The lowest BCUT2D eigenvalue weighted by Gasteiger charge is -2.22. The number of anilines is 3. The van der Waals surface area contributed by atoms with Crippen LogP contribution in [0.4, 0.5) is 17.1 Å². The first-order valence-corrected chi connectivity index (χ1v) is 7.82. The second kappa shape index (κ2) is 6.19. The topological polar surface area (TPSA) is 67.2 Å². The van der Waals surface area contributed by atoms with E-state index in [9.17, 15) is 4.79 Å². The number of rotatable bonds is 5. The summed E-state index contributed by atoms with van der Waals surface area (Å²) in [6, 6.07) is 4.30. The van der Waals surface area contributed by atoms with Gasteiger partial charge in [0.05, 0.1) is 11.4 Å². The molecule has 1 aromatic carbocycles. The molecule has 5 heteroatoms. The number of thioether (sulfide) groups is 1. The Morgan fingerprint density at radius 2 is 2.26 bits per heavy atom. The third-order valence-electron chi connectivity index (χ3n) is 3.14. The highest BCUT2D eigenvalue weighted by molar-refractivity contribution is 7.99. The molecule has 4 nitrogen and oxygen atoms in total. The van der Waals surface area contributed by atoms with Crippen molar-refractivity contribution in [1.29, 1.82) is 0 Å². The predicted octanol–water partition coefficient (Wildman–Crippen LogP) is 2.71. The zero-order valence-electron chi connectivity index (χ0n) is 11.5. The second-order valence-corrected chi connectivity index (χ2v) is 6.17. The highest BCUT2D eigenvalue weighted by Crippen LogP contribution is 2.31. The maximum absolute atomic E-state index is 11.3. The molecule has 0 aliphatic carbocycles. The van der Waals surface area contributed by atoms with Crippen molar-refractivity contribution in [3.63, 3.8) is 0 Å². The quantitative estimate of drug-likeness (QED) is 0.725. The Morgan fingerprint density at radius 3 is 3.00 bits per heavy atom. The van der Waals surface area contributed by atoms with E-state index in [1.54, 1.807) is 0 Å². The average Bonchev–Trinajstić information content (AvgIpc) is 2.37. The fraction of sp³-hybridized carbons (Fsp3) is 0.500. The molecule has 0 radical (unpaired) electrons. The molecule has 4 N–H and O–H groups in total. The molecule has 0 spiro atoms. The van der Waals surface area contributed by atoms with Gasteiger partial charge in [0.1, 0.15) is 0 Å². The van der Waals surface area contributed by atoms with Crippen LogP contribution in [0.2, 0.25) is 0 Å². The van der Waals surface area contributed by atoms with Gasteiger partial charge in [0.15, 0.2) is 0 Å². The van der Waals surface area contributed by atoms with Gasteiger partial charge in [0.25, 0.3) is 0 Å². The number of aryl methyl sites for hydroxylation is 1. The van der Waals surface area contributed by atoms with Crippen molar-refractivity contribution in [2.75, 3.05) is 27.9 Å². The highest BCUT2D eigenvalue weighted by Gasteiger charge is 2.17. The number of amides is 1. The number of hydrogen-bond acceptors (Lipinski definition) is 4. The summed E-state index contributed by atoms with van der Waals surface area (Å²) in [5.41, 5.74) is 9.72. The molecule has 1 aliphatic rings. The van der Waals surface area contributed by atoms with E-state index in [1.165, 1.54) is 0 Å². The van der Waals surface area contributed by atoms with Crippen molar-refractivity contribution < 1.29 is 4.79 Å². The van der Waals surface area contributed by atoms with E-state index < -0.39 is 0 Å². The molecular weight excluding hydrogens is 258 g/mol. The molecule has 0 saturated heterocycles. The monoisotopic (exact) mass is 279 g/mol. The summed E-state index contributed by atoms with van der Waals surface area (Å²) < 4.78 is 0. The minimum absolute atomic E-state index is 0.0697. The summed E-state index contributed by atoms with van der Waals surface area (Å²) in [5.74, 6) is 2.25. The molecule has 19 heavy (non-hydrogen) atoms. The van der Waals surface area contributed by atoms with Crippen LogP contribution in [-0.2, 0) is 11.2 Å². The third-order valence-corrected chi connectivity index (χ3v) is 4.29. The van der Waals surface area contributed by atoms with Crippen LogP contribution in [0.15, 0.2) is 12.1 Å². The number of carbonyl (C=O) groups excluding carboxylic acids is 1. The number of nitrogens with two attached hydrogens (primary N) is 1. The molecule has 1 atom stereocenters. The fourth-order valence-corrected chi connectivity index (χ4v) is 2.84. The summed E-state index contributed by atoms with van der Waals surface area (Å²) in [6.07, 6.45) is 1.34. The third kappa shape index (κ3) is 3.56. The molecule has 1 amide bonds. The van der Waals surface area contributed by atoms with Crippen LogP contribution in [0.3, 0.4) is 0 Å². The van der Waals surface area contributed by atoms with Crippen molar-refractivity contribution in [2.24, 2.45) is 0 Å². The van der Waals surface area contributed by atoms with Gasteiger partial charge in [-0.25, -0.2) is 0 Å². The molecule has 1 unspecified atom stereocenters. The van der Waals surface area contributed by atoms with Crippen molar-refractivity contribution in [1.82, 2.24) is 0 Å². The van der Waals surface area contributed by atoms with Gasteiger partial charge in [0, 0.05) is 23.9 Å². The smallest absolute Gasteiger partial charge is 0.224 e. The van der Waals surface area contributed by atoms with Crippen LogP contribution in [0, 0.1) is 0 Å². The molecule has 0 saturated carbocycles. The fourth-order valence-electron chi connectivity index (χ4n) is 2.17. The van der Waals surface area contributed by atoms with E-state index in [0.29, 0.717) is 18.2 Å². The zero-order chi connectivity index (χ0) is 13.8. The SMILES string of the molecule is CCSCC(C)Nc1cc2c(cc1N)NC(=O)CC2. The van der Waals surface area contributed by atoms with E-state index in [-0.39, 0.29) is 5.91 Å². The van der Waals surface area contributed by atoms with E-state index in [0.717, 1.165) is 34.9 Å². The van der Waals surface area contributed by atoms with Crippen LogP contribution in [0.5, 0.6) is 0 Å². The first-order chi connectivity index (χ1) is 9.10. The molecule has 1 aliphatic heterocycles. The van der Waals surface area contributed by atoms with Gasteiger partial charge in [-0.05, 0) is 36.8 Å². The summed E-state index contributed by atoms with van der Waals surface area (Å²) in [5, 5.41) is 6.31. The van der Waals surface area contributed by atoms with Gasteiger partial charge in [-0.15, -0.1) is 0 Å². The van der Waals surface area contributed by atoms with Gasteiger partial charge in [0.2, 0.25) is 5.91 Å². The highest BCUT2D eigenvalue weighted by atomic mass is 32.2. The normalized spacial score (nSPS) is 15.6. The maximum atomic E-state index is 11.3. The lowest BCUT2D eigenvalue weighted by atomic mass is 10.0. The number of fused-ring (bicyclic) bond motifs is 1. The lowest BCUT2D eigenvalue weighted by Crippen LogP contribution is -2.22. The summed E-state index contributed by atoms with van der Waals surface area (Å²) in [7, 11) is 0. The number of hydrogen-bond donors (Lipinski definition) is 3. The van der Waals surface area contributed by atoms with Gasteiger partial charge in [-0.1, -0.05) is 6.92 Å². The second-order valence-electron chi connectivity index (χ2n) is 4.85. The Kier molecular flexibility index (Phi) is 4.58. The van der Waals surface area contributed by atoms with E-state index in [4.69, 9.17) is 5.73 Å². The summed E-state index contributed by atoms with van der Waals surface area (Å²) in [6.45, 7) is 4.32. The van der Waals surface area contributed by atoms with Crippen molar-refractivity contribution in [3.8, 4) is 0 Å². The number of carbonyl (C=O) groups is 1. The van der Waals surface area contributed by atoms with Crippen LogP contribution in [0.1, 0.15) is 25.8 Å². The molecule has 0 aromatic heterocycles. The van der Waals surface area contributed by atoms with E-state index in [2.05, 4.69) is 30.5 Å². The van der Waals surface area contributed by atoms with Gasteiger partial charge < -0.3 is 16.4 Å². The van der Waals surface area contributed by atoms with Crippen molar-refractivity contribution in [3.05, 3.63) is 17.7 Å². The average molecular weight is 279 g/mol. The Balaban J connectivity index is 2.11. The molecule has 1 heterocycles. The zero-order valence-corrected chi connectivity index (χ0v) is 12.3. The first-order valence-electron chi connectivity index (χ1n) is 6.66. The van der Waals surface area contributed by atoms with Crippen molar-refractivity contribution >= 4 is 34.7 Å². The summed E-state index contributed by atoms with van der Waals surface area (Å²) >= 11 is 1.91. The molecule has 0 fully saturated rings. The summed E-state index contributed by atoms with van der Waals surface area (Å²) in [4.78, 5) is 11.3. The number of nitrogens with one attached hydrogen (secondary N) is 2. The number of benzene rings is 1. The van der Waals surface area contributed by atoms with E-state index in [1.807, 2.05) is 17.8 Å². The Labute approximate surface area is 118 Å².